The molecule has 0 saturated heterocycles. The van der Waals surface area contributed by atoms with Crippen LogP contribution < -0.4 is 10.6 Å². The molecular weight excluding hydrogens is 428 g/mol. The number of carbonyl (C=O) groups excluding carboxylic acids is 1. The van der Waals surface area contributed by atoms with Crippen molar-refractivity contribution < 1.29 is 9.90 Å². The highest BCUT2D eigenvalue weighted by Gasteiger charge is 2.34. The lowest BCUT2D eigenvalue weighted by molar-refractivity contribution is -0.114. The molecule has 0 unspecified atom stereocenters. The average Bonchev–Trinajstić information content (AvgIpc) is 3.14. The Labute approximate surface area is 195 Å². The van der Waals surface area contributed by atoms with Crippen LogP contribution in [-0.2, 0) is 17.8 Å². The van der Waals surface area contributed by atoms with Crippen LogP contribution in [0, 0.1) is 6.92 Å². The summed E-state index contributed by atoms with van der Waals surface area (Å²) in [6, 6.07) is 18.9. The summed E-state index contributed by atoms with van der Waals surface area (Å²) in [7, 11) is 0. The maximum atomic E-state index is 14.0. The Kier molecular flexibility index (Phi) is 4.60. The summed E-state index contributed by atoms with van der Waals surface area (Å²) in [5.41, 5.74) is 5.25. The van der Waals surface area contributed by atoms with Crippen LogP contribution in [0.4, 0.5) is 0 Å². The van der Waals surface area contributed by atoms with Crippen LogP contribution in [0.15, 0.2) is 77.7 Å². The summed E-state index contributed by atoms with van der Waals surface area (Å²) in [5, 5.41) is 11.8. The van der Waals surface area contributed by atoms with Crippen molar-refractivity contribution in [1.29, 1.82) is 0 Å². The molecule has 3 heterocycles. The van der Waals surface area contributed by atoms with Crippen molar-refractivity contribution in [3.8, 4) is 0 Å². The molecule has 2 aromatic heterocycles. The van der Waals surface area contributed by atoms with Crippen molar-refractivity contribution in [3.05, 3.63) is 112 Å². The fourth-order valence-corrected chi connectivity index (χ4v) is 4.97. The van der Waals surface area contributed by atoms with E-state index in [1.807, 2.05) is 43.3 Å². The Hall–Kier alpha value is -4.23. The fraction of sp³-hybridized carbons (Fsp3) is 0.148. The number of aromatic nitrogens is 3. The van der Waals surface area contributed by atoms with Crippen molar-refractivity contribution in [2.24, 2.45) is 0 Å². The van der Waals surface area contributed by atoms with Crippen molar-refractivity contribution in [3.63, 3.8) is 0 Å². The van der Waals surface area contributed by atoms with Crippen LogP contribution >= 0.6 is 0 Å². The molecule has 0 saturated carbocycles. The van der Waals surface area contributed by atoms with Gasteiger partial charge in [-0.15, -0.1) is 0 Å². The van der Waals surface area contributed by atoms with E-state index in [1.165, 1.54) is 9.69 Å². The first kappa shape index (κ1) is 20.4. The van der Waals surface area contributed by atoms with Gasteiger partial charge in [-0.25, -0.2) is 9.99 Å². The lowest BCUT2D eigenvalue weighted by Gasteiger charge is -2.24. The third-order valence-corrected chi connectivity index (χ3v) is 6.45. The molecule has 7 nitrogen and oxygen atoms in total. The first-order valence-corrected chi connectivity index (χ1v) is 11.2. The molecular formula is C27H22N4O3. The van der Waals surface area contributed by atoms with Gasteiger partial charge in [0.1, 0.15) is 6.61 Å². The van der Waals surface area contributed by atoms with Crippen molar-refractivity contribution in [1.82, 2.24) is 14.2 Å². The zero-order valence-corrected chi connectivity index (χ0v) is 18.6. The smallest absolute Gasteiger partial charge is 0.280 e. The lowest BCUT2D eigenvalue weighted by Crippen LogP contribution is -2.45. The molecule has 0 spiro atoms. The molecule has 1 amide bonds. The zero-order chi connectivity index (χ0) is 23.4. The van der Waals surface area contributed by atoms with Crippen LogP contribution in [0.25, 0.3) is 22.2 Å². The number of benzene rings is 2. The minimum Gasteiger partial charge on any atom is -0.388 e. The summed E-state index contributed by atoms with van der Waals surface area (Å²) in [4.78, 5) is 32.1. The standard InChI is InChI=1S/C27H22N4O3/c1-17-14-19-10-7-12-21-25(19)30(17)23(18-8-3-2-4-9-18)15-29(26(21)33)31-24(16-32)28-22-13-6-5-11-20(22)27(31)34/h2-6,8-9,11-15,32H,7,10,16H2,1H3. The molecule has 1 aliphatic heterocycles. The van der Waals surface area contributed by atoms with Gasteiger partial charge in [-0.1, -0.05) is 48.5 Å². The highest BCUT2D eigenvalue weighted by atomic mass is 16.3. The second kappa shape index (κ2) is 7.67. The third kappa shape index (κ3) is 2.90. The Balaban J connectivity index is 1.70. The third-order valence-electron chi connectivity index (χ3n) is 6.45. The number of aliphatic hydroxyl groups excluding tert-OH is 1. The van der Waals surface area contributed by atoms with E-state index in [9.17, 15) is 14.7 Å². The molecule has 6 rings (SSSR count). The summed E-state index contributed by atoms with van der Waals surface area (Å²) in [5.74, 6) is -0.235. The van der Waals surface area contributed by atoms with E-state index in [4.69, 9.17) is 0 Å². The Morgan fingerprint density at radius 2 is 1.79 bits per heavy atom. The van der Waals surface area contributed by atoms with E-state index < -0.39 is 12.2 Å². The number of amides is 1. The van der Waals surface area contributed by atoms with E-state index >= 15 is 0 Å². The zero-order valence-electron chi connectivity index (χ0n) is 18.6. The molecule has 4 aromatic rings. The SMILES string of the molecule is Cc1cc2c3n1C(c1ccccc1)=CN(n1c(CO)nc4ccccc4c1=O)C(=O)C3=CCC2. The van der Waals surface area contributed by atoms with Crippen molar-refractivity contribution in [2.45, 2.75) is 26.4 Å². The molecule has 2 aliphatic rings. The van der Waals surface area contributed by atoms with E-state index in [-0.39, 0.29) is 11.7 Å². The van der Waals surface area contributed by atoms with Crippen LogP contribution in [0.1, 0.15) is 34.8 Å². The number of rotatable bonds is 3. The molecule has 0 bridgehead atoms. The van der Waals surface area contributed by atoms with Gasteiger partial charge in [0.15, 0.2) is 5.82 Å². The maximum Gasteiger partial charge on any atom is 0.280 e. The molecule has 0 fully saturated rings. The molecule has 7 heteroatoms. The Morgan fingerprint density at radius 1 is 1.03 bits per heavy atom. The van der Waals surface area contributed by atoms with Gasteiger partial charge in [0.05, 0.1) is 34.1 Å². The lowest BCUT2D eigenvalue weighted by atomic mass is 9.96. The number of aryl methyl sites for hydroxylation is 2. The summed E-state index contributed by atoms with van der Waals surface area (Å²) in [6.07, 6.45) is 5.21. The topological polar surface area (TPSA) is 80.4 Å². The largest absolute Gasteiger partial charge is 0.388 e. The van der Waals surface area contributed by atoms with E-state index in [2.05, 4.69) is 15.6 Å². The Bertz CT molecular complexity index is 1590. The van der Waals surface area contributed by atoms with Crippen molar-refractivity contribution >= 4 is 28.1 Å². The summed E-state index contributed by atoms with van der Waals surface area (Å²) in [6.45, 7) is 1.53. The van der Waals surface area contributed by atoms with E-state index in [0.29, 0.717) is 16.5 Å². The van der Waals surface area contributed by atoms with Gasteiger partial charge >= 0.3 is 0 Å². The number of fused-ring (bicyclic) bond motifs is 1. The number of para-hydroxylation sites is 1. The average molecular weight is 450 g/mol. The number of aliphatic hydroxyl groups is 1. The maximum absolute atomic E-state index is 14.0. The van der Waals surface area contributed by atoms with E-state index in [1.54, 1.807) is 30.5 Å². The first-order valence-electron chi connectivity index (χ1n) is 11.2. The second-order valence-electron chi connectivity index (χ2n) is 8.50. The fourth-order valence-electron chi connectivity index (χ4n) is 4.97. The van der Waals surface area contributed by atoms with Gasteiger partial charge in [0.25, 0.3) is 11.5 Å². The molecule has 0 atom stereocenters. The first-order chi connectivity index (χ1) is 16.6. The molecule has 2 aromatic carbocycles. The highest BCUT2D eigenvalue weighted by molar-refractivity contribution is 6.26. The number of hydrogen-bond donors (Lipinski definition) is 1. The second-order valence-corrected chi connectivity index (χ2v) is 8.50. The van der Waals surface area contributed by atoms with Gasteiger partial charge in [-0.2, -0.15) is 4.68 Å². The van der Waals surface area contributed by atoms with Crippen LogP contribution in [0.2, 0.25) is 0 Å². The van der Waals surface area contributed by atoms with Gasteiger partial charge in [-0.3, -0.25) is 9.59 Å². The summed E-state index contributed by atoms with van der Waals surface area (Å²) < 4.78 is 3.29. The van der Waals surface area contributed by atoms with Gasteiger partial charge in [0, 0.05) is 11.3 Å². The van der Waals surface area contributed by atoms with Crippen LogP contribution in [0.3, 0.4) is 0 Å². The van der Waals surface area contributed by atoms with Gasteiger partial charge < -0.3 is 9.67 Å². The molecule has 0 radical (unpaired) electrons. The number of carbonyl (C=O) groups is 1. The minimum absolute atomic E-state index is 0.0978. The number of nitrogens with zero attached hydrogens (tertiary/aromatic N) is 4. The predicted octanol–water partition coefficient (Wildman–Crippen LogP) is 3.35. The Morgan fingerprint density at radius 3 is 2.59 bits per heavy atom. The van der Waals surface area contributed by atoms with Gasteiger partial charge in [-0.05, 0) is 43.5 Å². The minimum atomic E-state index is -0.492. The van der Waals surface area contributed by atoms with Crippen LogP contribution in [-0.4, -0.2) is 25.2 Å². The van der Waals surface area contributed by atoms with Crippen LogP contribution in [0.5, 0.6) is 0 Å². The molecule has 1 aliphatic carbocycles. The molecule has 1 N–H and O–H groups in total. The predicted molar refractivity (Wildman–Crippen MR) is 130 cm³/mol. The normalized spacial score (nSPS) is 15.1. The molecule has 34 heavy (non-hydrogen) atoms. The van der Waals surface area contributed by atoms with Crippen molar-refractivity contribution in [2.75, 3.05) is 5.01 Å². The molecule has 168 valence electrons. The van der Waals surface area contributed by atoms with Gasteiger partial charge in [0.2, 0.25) is 0 Å². The summed E-state index contributed by atoms with van der Waals surface area (Å²) >= 11 is 0. The monoisotopic (exact) mass is 450 g/mol. The number of allylic oxidation sites excluding steroid dienone is 1. The highest BCUT2D eigenvalue weighted by Crippen LogP contribution is 2.37. The van der Waals surface area contributed by atoms with E-state index in [0.717, 1.165) is 41.1 Å². The quantitative estimate of drug-likeness (QED) is 0.519. The number of hydrogen-bond acceptors (Lipinski definition) is 4.